The molecule has 1 amide bonds. The van der Waals surface area contributed by atoms with Crippen molar-refractivity contribution in [3.63, 3.8) is 0 Å². The average molecular weight is 370 g/mol. The standard InChI is InChI=1S/C17H26N2O5S/c1-5-25(21,22)18(2)14-12-16(24-4)15(23-3)11-13(14)17(20)19-9-7-6-8-10-19/h11-12H,5-10H2,1-4H3. The maximum absolute atomic E-state index is 13.0. The first-order valence-electron chi connectivity index (χ1n) is 8.37. The zero-order chi connectivity index (χ0) is 18.6. The minimum absolute atomic E-state index is 0.0603. The molecular weight excluding hydrogens is 344 g/mol. The molecule has 0 unspecified atom stereocenters. The van der Waals surface area contributed by atoms with Gasteiger partial charge in [0.25, 0.3) is 5.91 Å². The second kappa shape index (κ2) is 7.95. The predicted molar refractivity (Wildman–Crippen MR) is 97.2 cm³/mol. The number of piperidine rings is 1. The van der Waals surface area contributed by atoms with Crippen LogP contribution < -0.4 is 13.8 Å². The molecule has 0 N–H and O–H groups in total. The summed E-state index contributed by atoms with van der Waals surface area (Å²) in [4.78, 5) is 14.8. The number of hydrogen-bond donors (Lipinski definition) is 0. The highest BCUT2D eigenvalue weighted by Gasteiger charge is 2.28. The smallest absolute Gasteiger partial charge is 0.256 e. The van der Waals surface area contributed by atoms with Gasteiger partial charge >= 0.3 is 0 Å². The third-order valence-corrected chi connectivity index (χ3v) is 6.26. The van der Waals surface area contributed by atoms with Crippen molar-refractivity contribution in [3.8, 4) is 11.5 Å². The summed E-state index contributed by atoms with van der Waals surface area (Å²) < 4.78 is 36.4. The van der Waals surface area contributed by atoms with Gasteiger partial charge in [0.2, 0.25) is 10.0 Å². The van der Waals surface area contributed by atoms with Gasteiger partial charge in [0.1, 0.15) is 0 Å². The number of methoxy groups -OCH3 is 2. The molecule has 25 heavy (non-hydrogen) atoms. The van der Waals surface area contributed by atoms with Gasteiger partial charge in [-0.25, -0.2) is 8.42 Å². The van der Waals surface area contributed by atoms with Crippen molar-refractivity contribution in [1.29, 1.82) is 0 Å². The molecule has 1 aliphatic rings. The molecule has 0 aromatic heterocycles. The summed E-state index contributed by atoms with van der Waals surface area (Å²) in [6.07, 6.45) is 3.02. The number of nitrogens with zero attached hydrogens (tertiary/aromatic N) is 2. The van der Waals surface area contributed by atoms with E-state index in [9.17, 15) is 13.2 Å². The van der Waals surface area contributed by atoms with Crippen LogP contribution in [0.25, 0.3) is 0 Å². The fourth-order valence-corrected chi connectivity index (χ4v) is 3.75. The number of sulfonamides is 1. The van der Waals surface area contributed by atoms with Crippen molar-refractivity contribution >= 4 is 21.6 Å². The Bertz CT molecular complexity index is 727. The molecule has 1 aromatic rings. The number of hydrogen-bond acceptors (Lipinski definition) is 5. The molecule has 0 aliphatic carbocycles. The summed E-state index contributed by atoms with van der Waals surface area (Å²) in [6.45, 7) is 2.92. The highest BCUT2D eigenvalue weighted by molar-refractivity contribution is 7.92. The molecule has 0 spiro atoms. The molecule has 140 valence electrons. The van der Waals surface area contributed by atoms with Crippen LogP contribution in [0, 0.1) is 0 Å². The first kappa shape index (κ1) is 19.4. The lowest BCUT2D eigenvalue weighted by Gasteiger charge is -2.29. The second-order valence-corrected chi connectivity index (χ2v) is 8.23. The summed E-state index contributed by atoms with van der Waals surface area (Å²) in [5.74, 6) is 0.531. The number of amides is 1. The van der Waals surface area contributed by atoms with E-state index in [-0.39, 0.29) is 11.7 Å². The fraction of sp³-hybridized carbons (Fsp3) is 0.588. The molecule has 0 saturated carbocycles. The average Bonchev–Trinajstić information content (AvgIpc) is 2.66. The molecule has 2 rings (SSSR count). The van der Waals surface area contributed by atoms with Crippen LogP contribution in [0.3, 0.4) is 0 Å². The molecule has 1 aliphatic heterocycles. The molecule has 1 fully saturated rings. The fourth-order valence-electron chi connectivity index (χ4n) is 2.91. The first-order valence-corrected chi connectivity index (χ1v) is 9.98. The van der Waals surface area contributed by atoms with Gasteiger partial charge in [-0.15, -0.1) is 0 Å². The monoisotopic (exact) mass is 370 g/mol. The van der Waals surface area contributed by atoms with Gasteiger partial charge < -0.3 is 14.4 Å². The van der Waals surface area contributed by atoms with Gasteiger partial charge in [-0.1, -0.05) is 0 Å². The molecular formula is C17H26N2O5S. The van der Waals surface area contributed by atoms with Gasteiger partial charge in [-0.05, 0) is 32.3 Å². The number of anilines is 1. The molecule has 1 aromatic carbocycles. The normalized spacial score (nSPS) is 15.0. The van der Waals surface area contributed by atoms with Crippen LogP contribution >= 0.6 is 0 Å². The minimum Gasteiger partial charge on any atom is -0.493 e. The van der Waals surface area contributed by atoms with Crippen molar-refractivity contribution < 1.29 is 22.7 Å². The van der Waals surface area contributed by atoms with E-state index >= 15 is 0 Å². The molecule has 0 atom stereocenters. The van der Waals surface area contributed by atoms with E-state index in [0.717, 1.165) is 23.6 Å². The summed E-state index contributed by atoms with van der Waals surface area (Å²) in [5, 5.41) is 0. The lowest BCUT2D eigenvalue weighted by Crippen LogP contribution is -2.37. The van der Waals surface area contributed by atoms with Crippen molar-refractivity contribution in [3.05, 3.63) is 17.7 Å². The van der Waals surface area contributed by atoms with Crippen LogP contribution in [0.5, 0.6) is 11.5 Å². The van der Waals surface area contributed by atoms with E-state index in [1.807, 2.05) is 0 Å². The van der Waals surface area contributed by atoms with Crippen LogP contribution in [-0.4, -0.2) is 59.3 Å². The van der Waals surface area contributed by atoms with Crippen molar-refractivity contribution in [2.24, 2.45) is 0 Å². The van der Waals surface area contributed by atoms with Crippen LogP contribution in [-0.2, 0) is 10.0 Å². The maximum Gasteiger partial charge on any atom is 0.256 e. The summed E-state index contributed by atoms with van der Waals surface area (Å²) in [5.41, 5.74) is 0.606. The Labute approximate surface area is 149 Å². The Morgan fingerprint density at radius 2 is 1.68 bits per heavy atom. The van der Waals surface area contributed by atoms with Crippen LogP contribution in [0.4, 0.5) is 5.69 Å². The number of benzene rings is 1. The van der Waals surface area contributed by atoms with Crippen molar-refractivity contribution in [2.75, 3.05) is 44.4 Å². The number of carbonyl (C=O) groups is 1. The van der Waals surface area contributed by atoms with E-state index < -0.39 is 10.0 Å². The highest BCUT2D eigenvalue weighted by Crippen LogP contribution is 2.36. The maximum atomic E-state index is 13.0. The van der Waals surface area contributed by atoms with Crippen molar-refractivity contribution in [1.82, 2.24) is 4.90 Å². The molecule has 7 nitrogen and oxygen atoms in total. The number of carbonyl (C=O) groups excluding carboxylic acids is 1. The topological polar surface area (TPSA) is 76.1 Å². The van der Waals surface area contributed by atoms with Crippen LogP contribution in [0.15, 0.2) is 12.1 Å². The summed E-state index contributed by atoms with van der Waals surface area (Å²) in [7, 11) is 0.895. The van der Waals surface area contributed by atoms with E-state index in [2.05, 4.69) is 0 Å². The Morgan fingerprint density at radius 3 is 2.20 bits per heavy atom. The van der Waals surface area contributed by atoms with E-state index in [1.54, 1.807) is 24.0 Å². The number of likely N-dealkylation sites (tertiary alicyclic amines) is 1. The Morgan fingerprint density at radius 1 is 1.12 bits per heavy atom. The molecule has 1 saturated heterocycles. The Balaban J connectivity index is 2.56. The van der Waals surface area contributed by atoms with Gasteiger partial charge in [0.05, 0.1) is 31.2 Å². The first-order chi connectivity index (χ1) is 11.9. The van der Waals surface area contributed by atoms with Gasteiger partial charge in [0, 0.05) is 26.2 Å². The Kier molecular flexibility index (Phi) is 6.16. The zero-order valence-corrected chi connectivity index (χ0v) is 16.1. The molecule has 8 heteroatoms. The lowest BCUT2D eigenvalue weighted by molar-refractivity contribution is 0.0724. The number of rotatable bonds is 6. The van der Waals surface area contributed by atoms with E-state index in [4.69, 9.17) is 9.47 Å². The van der Waals surface area contributed by atoms with Crippen molar-refractivity contribution in [2.45, 2.75) is 26.2 Å². The third kappa shape index (κ3) is 4.00. The predicted octanol–water partition coefficient (Wildman–Crippen LogP) is 2.12. The molecule has 0 radical (unpaired) electrons. The van der Waals surface area contributed by atoms with E-state index in [1.165, 1.54) is 21.3 Å². The highest BCUT2D eigenvalue weighted by atomic mass is 32.2. The number of ether oxygens (including phenoxy) is 2. The largest absolute Gasteiger partial charge is 0.493 e. The van der Waals surface area contributed by atoms with Crippen LogP contribution in [0.2, 0.25) is 0 Å². The molecule has 1 heterocycles. The third-order valence-electron chi connectivity index (χ3n) is 4.50. The second-order valence-electron chi connectivity index (χ2n) is 5.95. The molecule has 0 bridgehead atoms. The lowest BCUT2D eigenvalue weighted by atomic mass is 10.1. The summed E-state index contributed by atoms with van der Waals surface area (Å²) in [6, 6.07) is 3.11. The van der Waals surface area contributed by atoms with Gasteiger partial charge in [0.15, 0.2) is 11.5 Å². The minimum atomic E-state index is -3.52. The van der Waals surface area contributed by atoms with E-state index in [0.29, 0.717) is 35.8 Å². The van der Waals surface area contributed by atoms with Gasteiger partial charge in [-0.2, -0.15) is 0 Å². The van der Waals surface area contributed by atoms with Gasteiger partial charge in [-0.3, -0.25) is 9.10 Å². The Hall–Kier alpha value is -1.96. The zero-order valence-electron chi connectivity index (χ0n) is 15.2. The quantitative estimate of drug-likeness (QED) is 0.767. The SMILES string of the molecule is CCS(=O)(=O)N(C)c1cc(OC)c(OC)cc1C(=O)N1CCCCC1. The van der Waals surface area contributed by atoms with Crippen LogP contribution in [0.1, 0.15) is 36.5 Å². The summed E-state index contributed by atoms with van der Waals surface area (Å²) >= 11 is 0.